The van der Waals surface area contributed by atoms with Crippen molar-refractivity contribution < 1.29 is 9.90 Å². The maximum absolute atomic E-state index is 12.1. The molecule has 1 fully saturated rings. The van der Waals surface area contributed by atoms with Crippen LogP contribution in [-0.2, 0) is 11.3 Å². The van der Waals surface area contributed by atoms with Crippen LogP contribution in [0.3, 0.4) is 0 Å². The van der Waals surface area contributed by atoms with Gasteiger partial charge in [-0.25, -0.2) is 0 Å². The average molecular weight is 339 g/mol. The van der Waals surface area contributed by atoms with E-state index in [1.807, 2.05) is 24.3 Å². The highest BCUT2D eigenvalue weighted by atomic mass is 16.3. The topological polar surface area (TPSA) is 55.8 Å². The minimum Gasteiger partial charge on any atom is -0.508 e. The number of hydrogen-bond acceptors (Lipinski definition) is 4. The molecular weight excluding hydrogens is 314 g/mol. The Morgan fingerprint density at radius 2 is 1.64 bits per heavy atom. The van der Waals surface area contributed by atoms with Gasteiger partial charge in [0.15, 0.2) is 0 Å². The predicted octanol–water partition coefficient (Wildman–Crippen LogP) is 2.14. The summed E-state index contributed by atoms with van der Waals surface area (Å²) in [7, 11) is 0. The Balaban J connectivity index is 1.41. The van der Waals surface area contributed by atoms with Crippen LogP contribution in [0.15, 0.2) is 48.5 Å². The number of nitrogens with zero attached hydrogens (tertiary/aromatic N) is 2. The number of nitrogens with one attached hydrogen (secondary N) is 1. The van der Waals surface area contributed by atoms with Crippen molar-refractivity contribution in [3.63, 3.8) is 0 Å². The van der Waals surface area contributed by atoms with Gasteiger partial charge in [0.05, 0.1) is 6.54 Å². The number of aryl methyl sites for hydroxylation is 1. The lowest BCUT2D eigenvalue weighted by Crippen LogP contribution is -2.49. The van der Waals surface area contributed by atoms with Gasteiger partial charge in [-0.15, -0.1) is 0 Å². The first-order valence-electron chi connectivity index (χ1n) is 8.69. The van der Waals surface area contributed by atoms with Gasteiger partial charge in [-0.2, -0.15) is 0 Å². The largest absolute Gasteiger partial charge is 0.508 e. The zero-order valence-electron chi connectivity index (χ0n) is 14.6. The number of aromatic hydroxyl groups is 1. The van der Waals surface area contributed by atoms with Gasteiger partial charge in [-0.3, -0.25) is 9.69 Å². The van der Waals surface area contributed by atoms with Crippen LogP contribution in [-0.4, -0.2) is 48.6 Å². The number of carbonyl (C=O) groups is 1. The number of phenolic OH excluding ortho intramolecular Hbond substituents is 1. The van der Waals surface area contributed by atoms with Gasteiger partial charge >= 0.3 is 0 Å². The zero-order chi connectivity index (χ0) is 17.6. The Labute approximate surface area is 148 Å². The van der Waals surface area contributed by atoms with Crippen molar-refractivity contribution in [3.8, 4) is 5.75 Å². The van der Waals surface area contributed by atoms with Crippen molar-refractivity contribution in [1.29, 1.82) is 0 Å². The molecule has 5 nitrogen and oxygen atoms in total. The number of carbonyl (C=O) groups excluding carboxylic acids is 1. The summed E-state index contributed by atoms with van der Waals surface area (Å²) < 4.78 is 0. The van der Waals surface area contributed by atoms with E-state index in [4.69, 9.17) is 0 Å². The van der Waals surface area contributed by atoms with Gasteiger partial charge in [0.25, 0.3) is 0 Å². The Morgan fingerprint density at radius 3 is 2.28 bits per heavy atom. The molecule has 0 aliphatic carbocycles. The standard InChI is InChI=1S/C20H25N3O2/c1-16-2-4-17(5-3-16)14-21-20(25)15-22-10-12-23(13-11-22)18-6-8-19(24)9-7-18/h2-9,24H,10-15H2,1H3,(H,21,25). The fraction of sp³-hybridized carbons (Fsp3) is 0.350. The second-order valence-electron chi connectivity index (χ2n) is 6.54. The third-order valence-corrected chi connectivity index (χ3v) is 4.56. The quantitative estimate of drug-likeness (QED) is 0.876. The van der Waals surface area contributed by atoms with Crippen molar-refractivity contribution >= 4 is 11.6 Å². The van der Waals surface area contributed by atoms with Crippen LogP contribution in [0.4, 0.5) is 5.69 Å². The highest BCUT2D eigenvalue weighted by molar-refractivity contribution is 5.78. The van der Waals surface area contributed by atoms with E-state index in [0.29, 0.717) is 13.1 Å². The number of amides is 1. The number of rotatable bonds is 5. The number of hydrogen-bond donors (Lipinski definition) is 2. The normalized spacial score (nSPS) is 15.2. The number of benzene rings is 2. The van der Waals surface area contributed by atoms with Gasteiger partial charge in [0, 0.05) is 38.4 Å². The first kappa shape index (κ1) is 17.3. The Bertz CT molecular complexity index is 690. The molecule has 2 N–H and O–H groups in total. The van der Waals surface area contributed by atoms with Crippen LogP contribution in [0, 0.1) is 6.92 Å². The molecule has 132 valence electrons. The maximum atomic E-state index is 12.1. The van der Waals surface area contributed by atoms with Crippen LogP contribution in [0.5, 0.6) is 5.75 Å². The number of phenols is 1. The maximum Gasteiger partial charge on any atom is 0.234 e. The van der Waals surface area contributed by atoms with Crippen molar-refractivity contribution in [2.75, 3.05) is 37.6 Å². The summed E-state index contributed by atoms with van der Waals surface area (Å²) in [5, 5.41) is 12.4. The van der Waals surface area contributed by atoms with E-state index in [0.717, 1.165) is 37.4 Å². The molecule has 0 aromatic heterocycles. The molecule has 0 unspecified atom stereocenters. The lowest BCUT2D eigenvalue weighted by molar-refractivity contribution is -0.122. The predicted molar refractivity (Wildman–Crippen MR) is 99.8 cm³/mol. The van der Waals surface area contributed by atoms with Crippen molar-refractivity contribution in [2.24, 2.45) is 0 Å². The first-order chi connectivity index (χ1) is 12.1. The average Bonchev–Trinajstić information content (AvgIpc) is 2.63. The third kappa shape index (κ3) is 4.97. The Morgan fingerprint density at radius 1 is 1.00 bits per heavy atom. The van der Waals surface area contributed by atoms with E-state index in [1.54, 1.807) is 12.1 Å². The molecule has 0 atom stereocenters. The van der Waals surface area contributed by atoms with Crippen LogP contribution >= 0.6 is 0 Å². The number of anilines is 1. The Kier molecular flexibility index (Phi) is 5.56. The molecule has 3 rings (SSSR count). The molecule has 1 heterocycles. The van der Waals surface area contributed by atoms with E-state index in [9.17, 15) is 9.90 Å². The van der Waals surface area contributed by atoms with E-state index in [2.05, 4.69) is 34.2 Å². The molecule has 2 aromatic carbocycles. The smallest absolute Gasteiger partial charge is 0.234 e. The fourth-order valence-corrected chi connectivity index (χ4v) is 2.99. The molecule has 2 aromatic rings. The number of piperazine rings is 1. The third-order valence-electron chi connectivity index (χ3n) is 4.56. The summed E-state index contributed by atoms with van der Waals surface area (Å²) >= 11 is 0. The zero-order valence-corrected chi connectivity index (χ0v) is 14.6. The van der Waals surface area contributed by atoms with E-state index in [1.165, 1.54) is 5.56 Å². The molecule has 5 heteroatoms. The molecule has 1 aliphatic heterocycles. The summed E-state index contributed by atoms with van der Waals surface area (Å²) in [5.41, 5.74) is 3.46. The second-order valence-corrected chi connectivity index (χ2v) is 6.54. The second kappa shape index (κ2) is 8.03. The molecular formula is C20H25N3O2. The molecule has 1 amide bonds. The monoisotopic (exact) mass is 339 g/mol. The minimum absolute atomic E-state index is 0.0682. The van der Waals surface area contributed by atoms with Gasteiger partial charge in [0.2, 0.25) is 5.91 Å². The fourth-order valence-electron chi connectivity index (χ4n) is 2.99. The van der Waals surface area contributed by atoms with Crippen LogP contribution in [0.2, 0.25) is 0 Å². The summed E-state index contributed by atoms with van der Waals surface area (Å²) in [6.45, 7) is 6.56. The van der Waals surface area contributed by atoms with E-state index < -0.39 is 0 Å². The van der Waals surface area contributed by atoms with E-state index in [-0.39, 0.29) is 11.7 Å². The molecule has 1 saturated heterocycles. The first-order valence-corrected chi connectivity index (χ1v) is 8.69. The summed E-state index contributed by atoms with van der Waals surface area (Å²) in [5.74, 6) is 0.353. The molecule has 0 saturated carbocycles. The summed E-state index contributed by atoms with van der Waals surface area (Å²) in [4.78, 5) is 16.6. The highest BCUT2D eigenvalue weighted by Gasteiger charge is 2.19. The molecule has 0 radical (unpaired) electrons. The van der Waals surface area contributed by atoms with Crippen molar-refractivity contribution in [2.45, 2.75) is 13.5 Å². The lowest BCUT2D eigenvalue weighted by Gasteiger charge is -2.35. The van der Waals surface area contributed by atoms with Crippen LogP contribution < -0.4 is 10.2 Å². The van der Waals surface area contributed by atoms with Gasteiger partial charge in [0.1, 0.15) is 5.75 Å². The SMILES string of the molecule is Cc1ccc(CNC(=O)CN2CCN(c3ccc(O)cc3)CC2)cc1. The summed E-state index contributed by atoms with van der Waals surface area (Å²) in [6, 6.07) is 15.5. The minimum atomic E-state index is 0.0682. The molecule has 25 heavy (non-hydrogen) atoms. The summed E-state index contributed by atoms with van der Waals surface area (Å²) in [6.07, 6.45) is 0. The van der Waals surface area contributed by atoms with Gasteiger partial charge in [-0.05, 0) is 36.8 Å². The lowest BCUT2D eigenvalue weighted by atomic mass is 10.1. The van der Waals surface area contributed by atoms with Gasteiger partial charge < -0.3 is 15.3 Å². The van der Waals surface area contributed by atoms with Crippen molar-refractivity contribution in [3.05, 3.63) is 59.7 Å². The highest BCUT2D eigenvalue weighted by Crippen LogP contribution is 2.19. The Hall–Kier alpha value is -2.53. The van der Waals surface area contributed by atoms with E-state index >= 15 is 0 Å². The van der Waals surface area contributed by atoms with Crippen LogP contribution in [0.25, 0.3) is 0 Å². The van der Waals surface area contributed by atoms with Crippen LogP contribution in [0.1, 0.15) is 11.1 Å². The molecule has 0 spiro atoms. The van der Waals surface area contributed by atoms with Gasteiger partial charge in [-0.1, -0.05) is 29.8 Å². The molecule has 1 aliphatic rings. The molecule has 0 bridgehead atoms. The van der Waals surface area contributed by atoms with Crippen molar-refractivity contribution in [1.82, 2.24) is 10.2 Å².